The van der Waals surface area contributed by atoms with E-state index in [0.717, 1.165) is 5.39 Å². The lowest BCUT2D eigenvalue weighted by molar-refractivity contribution is 0.102. The zero-order chi connectivity index (χ0) is 18.4. The third-order valence-corrected chi connectivity index (χ3v) is 4.66. The monoisotopic (exact) mass is 385 g/mol. The van der Waals surface area contributed by atoms with Crippen LogP contribution in [0.25, 0.3) is 16.4 Å². The zero-order valence-corrected chi connectivity index (χ0v) is 15.1. The van der Waals surface area contributed by atoms with Crippen molar-refractivity contribution < 1.29 is 9.90 Å². The van der Waals surface area contributed by atoms with E-state index in [4.69, 9.17) is 23.2 Å². The van der Waals surface area contributed by atoms with Gasteiger partial charge in [0.1, 0.15) is 11.4 Å². The SMILES string of the molecule is Cc1nc2c(Cl)cc(Cl)cn2c1C(=O)Nc1cccc2c(O)cccc12. The number of benzene rings is 2. The molecular weight excluding hydrogens is 373 g/mol. The highest BCUT2D eigenvalue weighted by molar-refractivity contribution is 6.36. The van der Waals surface area contributed by atoms with Crippen LogP contribution in [-0.2, 0) is 0 Å². The molecule has 7 heteroatoms. The number of phenolic OH excluding ortho intramolecular Hbond substituents is 1. The van der Waals surface area contributed by atoms with Crippen molar-refractivity contribution in [3.8, 4) is 5.75 Å². The number of anilines is 1. The van der Waals surface area contributed by atoms with E-state index in [0.29, 0.717) is 38.2 Å². The number of aryl methyl sites for hydroxylation is 1. The minimum absolute atomic E-state index is 0.156. The second-order valence-corrected chi connectivity index (χ2v) is 6.72. The number of fused-ring (bicyclic) bond motifs is 2. The van der Waals surface area contributed by atoms with Crippen LogP contribution in [0, 0.1) is 6.92 Å². The Labute approximate surface area is 158 Å². The van der Waals surface area contributed by atoms with Crippen molar-refractivity contribution >= 4 is 51.2 Å². The van der Waals surface area contributed by atoms with Gasteiger partial charge in [-0.1, -0.05) is 47.5 Å². The Kier molecular flexibility index (Phi) is 3.98. The van der Waals surface area contributed by atoms with Crippen LogP contribution in [0.3, 0.4) is 0 Å². The van der Waals surface area contributed by atoms with Gasteiger partial charge in [0, 0.05) is 22.7 Å². The van der Waals surface area contributed by atoms with E-state index in [1.54, 1.807) is 53.9 Å². The molecule has 0 aliphatic carbocycles. The molecule has 4 aromatic rings. The molecule has 0 saturated carbocycles. The van der Waals surface area contributed by atoms with Gasteiger partial charge in [0.15, 0.2) is 5.65 Å². The smallest absolute Gasteiger partial charge is 0.274 e. The first kappa shape index (κ1) is 16.7. The van der Waals surface area contributed by atoms with Crippen LogP contribution < -0.4 is 5.32 Å². The maximum absolute atomic E-state index is 12.9. The maximum Gasteiger partial charge on any atom is 0.274 e. The van der Waals surface area contributed by atoms with E-state index in [1.807, 2.05) is 6.07 Å². The first-order chi connectivity index (χ1) is 12.5. The first-order valence-corrected chi connectivity index (χ1v) is 8.57. The number of carbonyl (C=O) groups is 1. The van der Waals surface area contributed by atoms with Gasteiger partial charge in [0.05, 0.1) is 15.7 Å². The summed E-state index contributed by atoms with van der Waals surface area (Å²) in [4.78, 5) is 17.3. The Morgan fingerprint density at radius 1 is 1.15 bits per heavy atom. The predicted molar refractivity (Wildman–Crippen MR) is 104 cm³/mol. The summed E-state index contributed by atoms with van der Waals surface area (Å²) < 4.78 is 1.58. The highest BCUT2D eigenvalue weighted by Crippen LogP contribution is 2.30. The second kappa shape index (κ2) is 6.20. The summed E-state index contributed by atoms with van der Waals surface area (Å²) in [6, 6.07) is 12.1. The number of aromatic nitrogens is 2. The zero-order valence-electron chi connectivity index (χ0n) is 13.6. The molecule has 0 bridgehead atoms. The van der Waals surface area contributed by atoms with Crippen molar-refractivity contribution in [2.75, 3.05) is 5.32 Å². The number of pyridine rings is 1. The molecule has 0 aliphatic heterocycles. The third-order valence-electron chi connectivity index (χ3n) is 4.18. The number of aromatic hydroxyl groups is 1. The molecule has 2 N–H and O–H groups in total. The summed E-state index contributed by atoms with van der Waals surface area (Å²) in [5.74, 6) is -0.188. The molecule has 0 fully saturated rings. The number of nitrogens with zero attached hydrogens (tertiary/aromatic N) is 2. The van der Waals surface area contributed by atoms with E-state index in [9.17, 15) is 9.90 Å². The molecule has 130 valence electrons. The van der Waals surface area contributed by atoms with Crippen molar-refractivity contribution in [3.63, 3.8) is 0 Å². The highest BCUT2D eigenvalue weighted by Gasteiger charge is 2.19. The van der Waals surface area contributed by atoms with Gasteiger partial charge in [0.2, 0.25) is 0 Å². The average Bonchev–Trinajstić information content (AvgIpc) is 2.92. The summed E-state index contributed by atoms with van der Waals surface area (Å²) >= 11 is 12.3. The van der Waals surface area contributed by atoms with E-state index in [2.05, 4.69) is 10.3 Å². The minimum Gasteiger partial charge on any atom is -0.507 e. The van der Waals surface area contributed by atoms with Crippen LogP contribution in [0.4, 0.5) is 5.69 Å². The van der Waals surface area contributed by atoms with Crippen LogP contribution in [0.5, 0.6) is 5.75 Å². The number of hydrogen-bond donors (Lipinski definition) is 2. The van der Waals surface area contributed by atoms with Gasteiger partial charge in [-0.15, -0.1) is 0 Å². The average molecular weight is 386 g/mol. The molecule has 2 aromatic heterocycles. The topological polar surface area (TPSA) is 66.6 Å². The van der Waals surface area contributed by atoms with Crippen LogP contribution in [-0.4, -0.2) is 20.4 Å². The number of nitrogens with one attached hydrogen (secondary N) is 1. The molecule has 26 heavy (non-hydrogen) atoms. The van der Waals surface area contributed by atoms with Crippen molar-refractivity contribution in [1.29, 1.82) is 0 Å². The Balaban J connectivity index is 1.82. The number of rotatable bonds is 2. The fourth-order valence-corrected chi connectivity index (χ4v) is 3.56. The van der Waals surface area contributed by atoms with Gasteiger partial charge < -0.3 is 10.4 Å². The van der Waals surface area contributed by atoms with Crippen LogP contribution in [0.2, 0.25) is 10.0 Å². The summed E-state index contributed by atoms with van der Waals surface area (Å²) in [7, 11) is 0. The number of halogens is 2. The van der Waals surface area contributed by atoms with E-state index >= 15 is 0 Å². The van der Waals surface area contributed by atoms with Gasteiger partial charge in [-0.05, 0) is 25.1 Å². The molecule has 5 nitrogen and oxygen atoms in total. The molecule has 1 amide bonds. The number of carbonyl (C=O) groups excluding carboxylic acids is 1. The number of hydrogen-bond acceptors (Lipinski definition) is 3. The first-order valence-electron chi connectivity index (χ1n) is 7.81. The maximum atomic E-state index is 12.9. The Hall–Kier alpha value is -2.76. The van der Waals surface area contributed by atoms with Gasteiger partial charge in [-0.3, -0.25) is 9.20 Å². The summed E-state index contributed by atoms with van der Waals surface area (Å²) in [5.41, 5.74) is 1.94. The van der Waals surface area contributed by atoms with Crippen LogP contribution in [0.1, 0.15) is 16.2 Å². The predicted octanol–water partition coefficient (Wildman–Crippen LogP) is 5.06. The number of imidazole rings is 1. The Morgan fingerprint density at radius 2 is 1.88 bits per heavy atom. The summed E-state index contributed by atoms with van der Waals surface area (Å²) in [6.07, 6.45) is 1.60. The molecule has 0 aliphatic rings. The Morgan fingerprint density at radius 3 is 2.69 bits per heavy atom. The standard InChI is InChI=1S/C19H13Cl2N3O2/c1-10-17(24-9-11(20)8-14(21)18(24)22-10)19(26)23-15-6-2-5-13-12(15)4-3-7-16(13)25/h2-9,25H,1H3,(H,23,26). The molecule has 0 unspecified atom stereocenters. The fraction of sp³-hybridized carbons (Fsp3) is 0.0526. The van der Waals surface area contributed by atoms with Crippen LogP contribution in [0.15, 0.2) is 48.7 Å². The summed E-state index contributed by atoms with van der Waals surface area (Å²) in [6.45, 7) is 1.74. The molecule has 2 aromatic carbocycles. The molecule has 2 heterocycles. The van der Waals surface area contributed by atoms with Gasteiger partial charge in [-0.25, -0.2) is 4.98 Å². The highest BCUT2D eigenvalue weighted by atomic mass is 35.5. The lowest BCUT2D eigenvalue weighted by Gasteiger charge is -2.10. The normalized spacial score (nSPS) is 11.2. The molecule has 0 atom stereocenters. The van der Waals surface area contributed by atoms with E-state index in [-0.39, 0.29) is 11.7 Å². The molecular formula is C19H13Cl2N3O2. The van der Waals surface area contributed by atoms with Crippen molar-refractivity contribution in [2.45, 2.75) is 6.92 Å². The van der Waals surface area contributed by atoms with Gasteiger partial charge >= 0.3 is 0 Å². The molecule has 0 radical (unpaired) electrons. The number of phenols is 1. The lowest BCUT2D eigenvalue weighted by Crippen LogP contribution is -2.15. The second-order valence-electron chi connectivity index (χ2n) is 5.88. The lowest BCUT2D eigenvalue weighted by atomic mass is 10.1. The van der Waals surface area contributed by atoms with Gasteiger partial charge in [-0.2, -0.15) is 0 Å². The Bertz CT molecular complexity index is 1180. The van der Waals surface area contributed by atoms with E-state index in [1.165, 1.54) is 0 Å². The number of amides is 1. The van der Waals surface area contributed by atoms with Gasteiger partial charge in [0.25, 0.3) is 5.91 Å². The molecule has 0 saturated heterocycles. The quantitative estimate of drug-likeness (QED) is 0.506. The van der Waals surface area contributed by atoms with Crippen molar-refractivity contribution in [1.82, 2.24) is 9.38 Å². The van der Waals surface area contributed by atoms with Crippen LogP contribution >= 0.6 is 23.2 Å². The molecule has 0 spiro atoms. The fourth-order valence-electron chi connectivity index (χ4n) is 3.04. The largest absolute Gasteiger partial charge is 0.507 e. The van der Waals surface area contributed by atoms with Crippen molar-refractivity contribution in [3.05, 3.63) is 70.1 Å². The minimum atomic E-state index is -0.343. The van der Waals surface area contributed by atoms with Crippen molar-refractivity contribution in [2.24, 2.45) is 0 Å². The van der Waals surface area contributed by atoms with E-state index < -0.39 is 0 Å². The summed E-state index contributed by atoms with van der Waals surface area (Å²) in [5, 5.41) is 15.1. The molecule has 4 rings (SSSR count). The third kappa shape index (κ3) is 2.66.